The number of carboxylic acid groups (broad SMARTS) is 1. The number of halogens is 3. The van der Waals surface area contributed by atoms with Gasteiger partial charge in [-0.1, -0.05) is 35.2 Å². The summed E-state index contributed by atoms with van der Waals surface area (Å²) in [4.78, 5) is 15.4. The minimum Gasteiger partial charge on any atom is -0.481 e. The standard InChI is InChI=1S/C20H20F3NO5/c21-20(22,23)15-4-2-1-3-12(15)17(25)6-5-11-9-13-14(19(11)28)10-16(13)24-29-8-7-18(26)27/h1-4,11,13-14,17,19,25,28H,7-10H2,(H,26,27). The van der Waals surface area contributed by atoms with Gasteiger partial charge in [-0.2, -0.15) is 13.2 Å². The first-order valence-electron chi connectivity index (χ1n) is 9.12. The van der Waals surface area contributed by atoms with Crippen molar-refractivity contribution in [2.24, 2.45) is 22.9 Å². The smallest absolute Gasteiger partial charge is 0.416 e. The van der Waals surface area contributed by atoms with Gasteiger partial charge in [0.05, 0.1) is 23.8 Å². The average molecular weight is 411 g/mol. The topological polar surface area (TPSA) is 99.4 Å². The van der Waals surface area contributed by atoms with Crippen LogP contribution in [0.5, 0.6) is 0 Å². The Bertz CT molecular complexity index is 858. The van der Waals surface area contributed by atoms with Gasteiger partial charge in [-0.05, 0) is 24.8 Å². The van der Waals surface area contributed by atoms with E-state index < -0.39 is 35.8 Å². The van der Waals surface area contributed by atoms with Crippen molar-refractivity contribution in [1.82, 2.24) is 0 Å². The fourth-order valence-corrected chi connectivity index (χ4v) is 3.77. The van der Waals surface area contributed by atoms with E-state index >= 15 is 0 Å². The predicted octanol–water partition coefficient (Wildman–Crippen LogP) is 2.61. The number of aliphatic carboxylic acids is 1. The Hall–Kier alpha value is -2.57. The zero-order valence-electron chi connectivity index (χ0n) is 15.3. The van der Waals surface area contributed by atoms with E-state index in [1.807, 2.05) is 0 Å². The van der Waals surface area contributed by atoms with Crippen LogP contribution in [0.3, 0.4) is 0 Å². The Morgan fingerprint density at radius 3 is 2.76 bits per heavy atom. The molecular formula is C20H20F3NO5. The molecule has 3 rings (SSSR count). The normalized spacial score (nSPS) is 28.1. The summed E-state index contributed by atoms with van der Waals surface area (Å²) in [5.74, 6) is 3.54. The highest BCUT2D eigenvalue weighted by molar-refractivity contribution is 5.93. The van der Waals surface area contributed by atoms with Gasteiger partial charge >= 0.3 is 12.1 Å². The van der Waals surface area contributed by atoms with Gasteiger partial charge in [0, 0.05) is 17.4 Å². The number of alkyl halides is 3. The fraction of sp³-hybridized carbons (Fsp3) is 0.500. The van der Waals surface area contributed by atoms with Crippen LogP contribution < -0.4 is 0 Å². The molecule has 0 aliphatic heterocycles. The van der Waals surface area contributed by atoms with Crippen LogP contribution in [0.2, 0.25) is 0 Å². The maximum absolute atomic E-state index is 13.1. The number of fused-ring (bicyclic) bond motifs is 1. The van der Waals surface area contributed by atoms with Crippen molar-refractivity contribution in [2.75, 3.05) is 6.61 Å². The van der Waals surface area contributed by atoms with E-state index in [0.717, 1.165) is 6.07 Å². The Balaban J connectivity index is 1.64. The summed E-state index contributed by atoms with van der Waals surface area (Å²) in [7, 11) is 0. The molecule has 0 radical (unpaired) electrons. The van der Waals surface area contributed by atoms with Crippen molar-refractivity contribution in [3.8, 4) is 11.8 Å². The number of benzene rings is 1. The fourth-order valence-electron chi connectivity index (χ4n) is 3.77. The monoisotopic (exact) mass is 411 g/mol. The molecule has 1 aromatic carbocycles. The number of hydrogen-bond acceptors (Lipinski definition) is 5. The van der Waals surface area contributed by atoms with E-state index in [1.165, 1.54) is 18.2 Å². The SMILES string of the molecule is O=C(O)CCON=C1CC2C1CC(C#CC(O)c1ccccc1C(F)(F)F)C2O. The summed E-state index contributed by atoms with van der Waals surface area (Å²) >= 11 is 0. The number of aliphatic hydroxyl groups excluding tert-OH is 2. The third-order valence-electron chi connectivity index (χ3n) is 5.30. The molecule has 0 saturated heterocycles. The summed E-state index contributed by atoms with van der Waals surface area (Å²) in [6.07, 6.45) is -6.21. The first-order valence-corrected chi connectivity index (χ1v) is 9.12. The van der Waals surface area contributed by atoms with Crippen molar-refractivity contribution in [3.63, 3.8) is 0 Å². The van der Waals surface area contributed by atoms with Gasteiger partial charge in [0.2, 0.25) is 0 Å². The van der Waals surface area contributed by atoms with Crippen LogP contribution in [0.4, 0.5) is 13.2 Å². The molecule has 5 atom stereocenters. The lowest BCUT2D eigenvalue weighted by Crippen LogP contribution is -2.38. The van der Waals surface area contributed by atoms with Gasteiger partial charge in [-0.3, -0.25) is 4.79 Å². The number of nitrogens with zero attached hydrogens (tertiary/aromatic N) is 1. The molecule has 0 bridgehead atoms. The van der Waals surface area contributed by atoms with Gasteiger partial charge in [0.15, 0.2) is 0 Å². The summed E-state index contributed by atoms with van der Waals surface area (Å²) in [6.45, 7) is -0.0488. The molecule has 0 aromatic heterocycles. The molecule has 1 aromatic rings. The van der Waals surface area contributed by atoms with E-state index in [2.05, 4.69) is 17.0 Å². The van der Waals surface area contributed by atoms with Crippen LogP contribution >= 0.6 is 0 Å². The van der Waals surface area contributed by atoms with Gasteiger partial charge < -0.3 is 20.2 Å². The largest absolute Gasteiger partial charge is 0.481 e. The van der Waals surface area contributed by atoms with Crippen molar-refractivity contribution in [2.45, 2.75) is 37.6 Å². The van der Waals surface area contributed by atoms with Crippen LogP contribution in [0.25, 0.3) is 0 Å². The number of carbonyl (C=O) groups is 1. The third kappa shape index (κ3) is 4.71. The second kappa shape index (κ2) is 8.43. The first-order chi connectivity index (χ1) is 13.7. The van der Waals surface area contributed by atoms with Crippen LogP contribution in [-0.2, 0) is 15.8 Å². The molecule has 0 spiro atoms. The minimum absolute atomic E-state index is 0.0488. The van der Waals surface area contributed by atoms with Gasteiger partial charge in [0.25, 0.3) is 0 Å². The molecule has 2 aliphatic rings. The number of carboxylic acids is 1. The number of aliphatic hydroxyl groups is 2. The Kier molecular flexibility index (Phi) is 6.15. The number of oxime groups is 1. The molecule has 29 heavy (non-hydrogen) atoms. The molecule has 9 heteroatoms. The van der Waals surface area contributed by atoms with Crippen molar-refractivity contribution in [3.05, 3.63) is 35.4 Å². The number of hydrogen-bond donors (Lipinski definition) is 3. The summed E-state index contributed by atoms with van der Waals surface area (Å²) in [5, 5.41) is 33.0. The van der Waals surface area contributed by atoms with E-state index in [4.69, 9.17) is 9.94 Å². The summed E-state index contributed by atoms with van der Waals surface area (Å²) in [5.41, 5.74) is -0.550. The molecule has 0 amide bonds. The zero-order chi connectivity index (χ0) is 21.2. The lowest BCUT2D eigenvalue weighted by atomic mass is 9.73. The highest BCUT2D eigenvalue weighted by atomic mass is 19.4. The van der Waals surface area contributed by atoms with E-state index in [0.29, 0.717) is 18.6 Å². The summed E-state index contributed by atoms with van der Waals surface area (Å²) < 4.78 is 39.2. The van der Waals surface area contributed by atoms with E-state index in [-0.39, 0.29) is 30.4 Å². The van der Waals surface area contributed by atoms with E-state index in [1.54, 1.807) is 0 Å². The lowest BCUT2D eigenvalue weighted by Gasteiger charge is -2.33. The maximum atomic E-state index is 13.1. The second-order valence-electron chi connectivity index (χ2n) is 7.14. The molecule has 5 unspecified atom stereocenters. The van der Waals surface area contributed by atoms with Gasteiger partial charge in [-0.25, -0.2) is 0 Å². The zero-order valence-corrected chi connectivity index (χ0v) is 15.3. The Morgan fingerprint density at radius 2 is 2.07 bits per heavy atom. The van der Waals surface area contributed by atoms with E-state index in [9.17, 15) is 28.2 Å². The van der Waals surface area contributed by atoms with Crippen molar-refractivity contribution in [1.29, 1.82) is 0 Å². The Labute approximate surface area is 165 Å². The maximum Gasteiger partial charge on any atom is 0.416 e. The molecule has 2 fully saturated rings. The first kappa shape index (κ1) is 21.1. The second-order valence-corrected chi connectivity index (χ2v) is 7.14. The molecule has 156 valence electrons. The van der Waals surface area contributed by atoms with Gasteiger partial charge in [0.1, 0.15) is 12.7 Å². The molecule has 2 saturated carbocycles. The minimum atomic E-state index is -4.60. The number of rotatable bonds is 5. The highest BCUT2D eigenvalue weighted by Gasteiger charge is 2.51. The van der Waals surface area contributed by atoms with Gasteiger partial charge in [-0.15, -0.1) is 0 Å². The Morgan fingerprint density at radius 1 is 1.34 bits per heavy atom. The van der Waals surface area contributed by atoms with Crippen LogP contribution in [0, 0.1) is 29.6 Å². The molecule has 6 nitrogen and oxygen atoms in total. The predicted molar refractivity (Wildman–Crippen MR) is 95.5 cm³/mol. The summed E-state index contributed by atoms with van der Waals surface area (Å²) in [6, 6.07) is 4.70. The molecular weight excluding hydrogens is 391 g/mol. The molecule has 0 heterocycles. The quantitative estimate of drug-likeness (QED) is 0.393. The molecule has 2 aliphatic carbocycles. The lowest BCUT2D eigenvalue weighted by molar-refractivity contribution is -0.139. The van der Waals surface area contributed by atoms with Crippen LogP contribution in [-0.4, -0.2) is 39.7 Å². The van der Waals surface area contributed by atoms with Crippen LogP contribution in [0.15, 0.2) is 29.4 Å². The third-order valence-corrected chi connectivity index (χ3v) is 5.30. The van der Waals surface area contributed by atoms with Crippen molar-refractivity contribution >= 4 is 11.7 Å². The van der Waals surface area contributed by atoms with Crippen LogP contribution in [0.1, 0.15) is 36.5 Å². The highest BCUT2D eigenvalue weighted by Crippen LogP contribution is 2.48. The van der Waals surface area contributed by atoms with Crippen molar-refractivity contribution < 1.29 is 38.1 Å². The molecule has 3 N–H and O–H groups in total. The average Bonchev–Trinajstić information content (AvgIpc) is 2.89.